The van der Waals surface area contributed by atoms with Crippen molar-refractivity contribution in [2.45, 2.75) is 0 Å². The fourth-order valence-electron chi connectivity index (χ4n) is 1.72. The molecule has 0 atom stereocenters. The zero-order chi connectivity index (χ0) is 14.7. The number of aromatic carboxylic acids is 1. The Kier molecular flexibility index (Phi) is 3.69. The number of carboxylic acids is 1. The monoisotopic (exact) mass is 282 g/mol. The van der Waals surface area contributed by atoms with Crippen molar-refractivity contribution >= 4 is 11.9 Å². The third kappa shape index (κ3) is 2.76. The lowest BCUT2D eigenvalue weighted by Gasteiger charge is -2.28. The average molecular weight is 282 g/mol. The molecule has 0 spiro atoms. The van der Waals surface area contributed by atoms with Gasteiger partial charge in [0.25, 0.3) is 11.0 Å². The standard InChI is InChI=1S/C11H10N2O7/c14-10-8-5-7(11(15)16)1-2-9(8)19-6-12(10)3-4-20-13(17)18/h1-2,5H,3-4,6H2,(H,15,16). The molecule has 1 aromatic carbocycles. The molecule has 1 heterocycles. The molecular weight excluding hydrogens is 272 g/mol. The molecule has 20 heavy (non-hydrogen) atoms. The second-order valence-electron chi connectivity index (χ2n) is 3.91. The van der Waals surface area contributed by atoms with E-state index in [-0.39, 0.29) is 36.8 Å². The van der Waals surface area contributed by atoms with Gasteiger partial charge in [-0.1, -0.05) is 0 Å². The molecule has 0 aromatic heterocycles. The summed E-state index contributed by atoms with van der Waals surface area (Å²) in [6, 6.07) is 3.95. The van der Waals surface area contributed by atoms with Gasteiger partial charge in [0, 0.05) is 6.54 Å². The lowest BCUT2D eigenvalue weighted by Crippen LogP contribution is -2.40. The van der Waals surface area contributed by atoms with Crippen LogP contribution in [0.15, 0.2) is 18.2 Å². The van der Waals surface area contributed by atoms with Gasteiger partial charge in [-0.2, -0.15) is 0 Å². The molecule has 0 saturated carbocycles. The van der Waals surface area contributed by atoms with Crippen molar-refractivity contribution < 1.29 is 29.4 Å². The molecule has 1 aliphatic rings. The van der Waals surface area contributed by atoms with E-state index in [1.54, 1.807) is 0 Å². The summed E-state index contributed by atoms with van der Waals surface area (Å²) in [5.41, 5.74) is 0.0707. The van der Waals surface area contributed by atoms with E-state index in [4.69, 9.17) is 9.84 Å². The van der Waals surface area contributed by atoms with Crippen LogP contribution in [0.3, 0.4) is 0 Å². The van der Waals surface area contributed by atoms with Crippen LogP contribution in [0.4, 0.5) is 0 Å². The van der Waals surface area contributed by atoms with E-state index in [2.05, 4.69) is 4.84 Å². The molecule has 2 rings (SSSR count). The predicted molar refractivity (Wildman–Crippen MR) is 62.9 cm³/mol. The topological polar surface area (TPSA) is 119 Å². The number of rotatable bonds is 5. The smallest absolute Gasteiger partial charge is 0.335 e. The van der Waals surface area contributed by atoms with Crippen LogP contribution in [-0.2, 0) is 4.84 Å². The predicted octanol–water partition coefficient (Wildman–Crippen LogP) is 0.385. The number of nitrogens with zero attached hydrogens (tertiary/aromatic N) is 2. The maximum Gasteiger partial charge on any atom is 0.335 e. The quantitative estimate of drug-likeness (QED) is 0.612. The zero-order valence-electron chi connectivity index (χ0n) is 10.1. The molecule has 0 unspecified atom stereocenters. The molecule has 1 amide bonds. The van der Waals surface area contributed by atoms with Crippen molar-refractivity contribution in [3.8, 4) is 5.75 Å². The number of ether oxygens (including phenoxy) is 1. The highest BCUT2D eigenvalue weighted by Gasteiger charge is 2.26. The molecule has 0 aliphatic carbocycles. The maximum atomic E-state index is 12.1. The maximum absolute atomic E-state index is 12.1. The summed E-state index contributed by atoms with van der Waals surface area (Å²) in [6.45, 7) is -0.383. The van der Waals surface area contributed by atoms with Gasteiger partial charge in [-0.05, 0) is 18.2 Å². The summed E-state index contributed by atoms with van der Waals surface area (Å²) >= 11 is 0. The first kappa shape index (κ1) is 13.6. The largest absolute Gasteiger partial charge is 0.478 e. The summed E-state index contributed by atoms with van der Waals surface area (Å²) < 4.78 is 5.29. The number of hydrogen-bond acceptors (Lipinski definition) is 6. The minimum atomic E-state index is -1.16. The van der Waals surface area contributed by atoms with Crippen molar-refractivity contribution in [2.24, 2.45) is 0 Å². The Bertz CT molecular complexity index is 572. The number of amides is 1. The van der Waals surface area contributed by atoms with Crippen LogP contribution in [-0.4, -0.2) is 46.9 Å². The first-order valence-corrected chi connectivity index (χ1v) is 5.56. The molecule has 9 nitrogen and oxygen atoms in total. The lowest BCUT2D eigenvalue weighted by atomic mass is 10.1. The number of benzene rings is 1. The first-order valence-electron chi connectivity index (χ1n) is 5.56. The molecule has 106 valence electrons. The van der Waals surface area contributed by atoms with E-state index in [1.807, 2.05) is 0 Å². The second-order valence-corrected chi connectivity index (χ2v) is 3.91. The highest BCUT2D eigenvalue weighted by atomic mass is 16.9. The number of fused-ring (bicyclic) bond motifs is 1. The molecular formula is C11H10N2O7. The summed E-state index contributed by atoms with van der Waals surface area (Å²) in [6.07, 6.45) is 0. The van der Waals surface area contributed by atoms with Crippen LogP contribution in [0.1, 0.15) is 20.7 Å². The Balaban J connectivity index is 2.13. The van der Waals surface area contributed by atoms with E-state index in [1.165, 1.54) is 23.1 Å². The molecule has 0 bridgehead atoms. The van der Waals surface area contributed by atoms with Crippen molar-refractivity contribution in [2.75, 3.05) is 19.9 Å². The Morgan fingerprint density at radius 2 is 2.30 bits per heavy atom. The van der Waals surface area contributed by atoms with E-state index >= 15 is 0 Å². The summed E-state index contributed by atoms with van der Waals surface area (Å²) in [4.78, 5) is 38.3. The minimum absolute atomic E-state index is 0.0312. The van der Waals surface area contributed by atoms with Crippen LogP contribution in [0, 0.1) is 10.1 Å². The van der Waals surface area contributed by atoms with Gasteiger partial charge in [0.05, 0.1) is 11.1 Å². The van der Waals surface area contributed by atoms with Crippen molar-refractivity contribution in [3.05, 3.63) is 39.4 Å². The molecule has 0 radical (unpaired) electrons. The van der Waals surface area contributed by atoms with Crippen LogP contribution >= 0.6 is 0 Å². The summed E-state index contributed by atoms with van der Waals surface area (Å²) in [7, 11) is 0. The number of carbonyl (C=O) groups is 2. The number of hydrogen-bond donors (Lipinski definition) is 1. The van der Waals surface area contributed by atoms with Gasteiger partial charge in [0.1, 0.15) is 12.4 Å². The van der Waals surface area contributed by atoms with Crippen LogP contribution in [0.2, 0.25) is 0 Å². The molecule has 1 N–H and O–H groups in total. The third-order valence-electron chi connectivity index (χ3n) is 2.68. The van der Waals surface area contributed by atoms with Gasteiger partial charge in [0.2, 0.25) is 0 Å². The molecule has 1 aromatic rings. The Morgan fingerprint density at radius 3 is 2.95 bits per heavy atom. The van der Waals surface area contributed by atoms with Crippen molar-refractivity contribution in [1.82, 2.24) is 4.90 Å². The van der Waals surface area contributed by atoms with E-state index in [0.717, 1.165) is 0 Å². The van der Waals surface area contributed by atoms with Gasteiger partial charge >= 0.3 is 5.97 Å². The fourth-order valence-corrected chi connectivity index (χ4v) is 1.72. The number of carbonyl (C=O) groups excluding carboxylic acids is 1. The van der Waals surface area contributed by atoms with Gasteiger partial charge < -0.3 is 19.6 Å². The first-order chi connectivity index (χ1) is 9.49. The Labute approximate surface area is 112 Å². The third-order valence-corrected chi connectivity index (χ3v) is 2.68. The summed E-state index contributed by atoms with van der Waals surface area (Å²) in [5.74, 6) is -1.33. The SMILES string of the molecule is O=C(O)c1ccc2c(c1)C(=O)N(CCO[N+](=O)[O-])CO2. The lowest BCUT2D eigenvalue weighted by molar-refractivity contribution is -0.757. The Morgan fingerprint density at radius 1 is 1.55 bits per heavy atom. The van der Waals surface area contributed by atoms with Gasteiger partial charge in [-0.3, -0.25) is 4.79 Å². The minimum Gasteiger partial charge on any atom is -0.478 e. The second kappa shape index (κ2) is 5.43. The van der Waals surface area contributed by atoms with Gasteiger partial charge in [0.15, 0.2) is 6.73 Å². The summed E-state index contributed by atoms with van der Waals surface area (Å²) in [5, 5.41) is 18.0. The molecule has 9 heteroatoms. The van der Waals surface area contributed by atoms with E-state index < -0.39 is 17.0 Å². The molecule has 0 fully saturated rings. The molecule has 0 saturated heterocycles. The van der Waals surface area contributed by atoms with Gasteiger partial charge in [-0.15, -0.1) is 10.1 Å². The zero-order valence-corrected chi connectivity index (χ0v) is 10.1. The average Bonchev–Trinajstić information content (AvgIpc) is 2.40. The van der Waals surface area contributed by atoms with Crippen LogP contribution in [0.5, 0.6) is 5.75 Å². The van der Waals surface area contributed by atoms with E-state index in [9.17, 15) is 19.7 Å². The fraction of sp³-hybridized carbons (Fsp3) is 0.273. The highest BCUT2D eigenvalue weighted by Crippen LogP contribution is 2.25. The normalized spacial score (nSPS) is 13.4. The Hall–Kier alpha value is -2.84. The highest BCUT2D eigenvalue weighted by molar-refractivity contribution is 6.00. The molecule has 1 aliphatic heterocycles. The van der Waals surface area contributed by atoms with Gasteiger partial charge in [-0.25, -0.2) is 4.79 Å². The van der Waals surface area contributed by atoms with E-state index in [0.29, 0.717) is 0 Å². The van der Waals surface area contributed by atoms with Crippen LogP contribution in [0.25, 0.3) is 0 Å². The van der Waals surface area contributed by atoms with Crippen LogP contribution < -0.4 is 4.74 Å². The van der Waals surface area contributed by atoms with Crippen molar-refractivity contribution in [3.63, 3.8) is 0 Å². The number of carboxylic acid groups (broad SMARTS) is 1. The van der Waals surface area contributed by atoms with Crippen molar-refractivity contribution in [1.29, 1.82) is 0 Å².